The Morgan fingerprint density at radius 2 is 2.07 bits per heavy atom. The maximum atomic E-state index is 14.1. The van der Waals surface area contributed by atoms with Crippen molar-refractivity contribution in [2.24, 2.45) is 5.41 Å². The fourth-order valence-electron chi connectivity index (χ4n) is 4.24. The van der Waals surface area contributed by atoms with Crippen molar-refractivity contribution in [1.29, 1.82) is 0 Å². The molecule has 4 rings (SSSR count). The van der Waals surface area contributed by atoms with Gasteiger partial charge in [-0.25, -0.2) is 18.7 Å². The molecule has 28 heavy (non-hydrogen) atoms. The van der Waals surface area contributed by atoms with Crippen molar-refractivity contribution in [2.75, 3.05) is 31.6 Å². The summed E-state index contributed by atoms with van der Waals surface area (Å²) in [4.78, 5) is 25.3. The first-order chi connectivity index (χ1) is 13.5. The zero-order valence-corrected chi connectivity index (χ0v) is 15.7. The van der Waals surface area contributed by atoms with Gasteiger partial charge in [0.05, 0.1) is 12.5 Å². The second-order valence-corrected chi connectivity index (χ2v) is 7.41. The van der Waals surface area contributed by atoms with Gasteiger partial charge in [-0.3, -0.25) is 4.79 Å². The van der Waals surface area contributed by atoms with E-state index in [9.17, 15) is 13.6 Å². The average Bonchev–Trinajstić information content (AvgIpc) is 3.14. The number of hydrogen-bond donors (Lipinski definition) is 0. The smallest absolute Gasteiger partial charge is 0.230 e. The SMILES string of the molecule is COc1cc(N2CCC3(CCCN(Cc4cccc(F)c4F)C3=O)C2)ncn1. The lowest BCUT2D eigenvalue weighted by atomic mass is 9.78. The van der Waals surface area contributed by atoms with Crippen LogP contribution in [-0.4, -0.2) is 47.5 Å². The van der Waals surface area contributed by atoms with Crippen molar-refractivity contribution in [3.63, 3.8) is 0 Å². The maximum absolute atomic E-state index is 14.1. The molecule has 1 atom stereocenters. The number of carbonyl (C=O) groups excluding carboxylic acids is 1. The third-order valence-electron chi connectivity index (χ3n) is 5.73. The third kappa shape index (κ3) is 3.27. The monoisotopic (exact) mass is 388 g/mol. The molecule has 8 heteroatoms. The number of hydrogen-bond acceptors (Lipinski definition) is 5. The Kier molecular flexibility index (Phi) is 4.87. The molecule has 0 radical (unpaired) electrons. The predicted molar refractivity (Wildman–Crippen MR) is 98.9 cm³/mol. The van der Waals surface area contributed by atoms with E-state index in [2.05, 4.69) is 14.9 Å². The van der Waals surface area contributed by atoms with Gasteiger partial charge in [0.2, 0.25) is 11.8 Å². The van der Waals surface area contributed by atoms with Crippen molar-refractivity contribution >= 4 is 11.7 Å². The number of rotatable bonds is 4. The number of benzene rings is 1. The number of methoxy groups -OCH3 is 1. The van der Waals surface area contributed by atoms with Crippen LogP contribution in [0.2, 0.25) is 0 Å². The fourth-order valence-corrected chi connectivity index (χ4v) is 4.24. The summed E-state index contributed by atoms with van der Waals surface area (Å²) in [6.45, 7) is 1.89. The van der Waals surface area contributed by atoms with Crippen LogP contribution in [0.15, 0.2) is 30.6 Å². The van der Waals surface area contributed by atoms with E-state index in [-0.39, 0.29) is 18.0 Å². The minimum Gasteiger partial charge on any atom is -0.481 e. The average molecular weight is 388 g/mol. The van der Waals surface area contributed by atoms with Gasteiger partial charge in [0.1, 0.15) is 12.1 Å². The van der Waals surface area contributed by atoms with Crippen molar-refractivity contribution in [1.82, 2.24) is 14.9 Å². The number of aromatic nitrogens is 2. The molecular formula is C20H22F2N4O2. The van der Waals surface area contributed by atoms with E-state index in [1.165, 1.54) is 18.5 Å². The summed E-state index contributed by atoms with van der Waals surface area (Å²) < 4.78 is 32.7. The Labute approximate surface area is 162 Å². The van der Waals surface area contributed by atoms with Gasteiger partial charge < -0.3 is 14.5 Å². The lowest BCUT2D eigenvalue weighted by molar-refractivity contribution is -0.145. The molecule has 148 valence electrons. The highest BCUT2D eigenvalue weighted by atomic mass is 19.2. The number of ether oxygens (including phenoxy) is 1. The van der Waals surface area contributed by atoms with Crippen LogP contribution in [0.3, 0.4) is 0 Å². The van der Waals surface area contributed by atoms with Crippen LogP contribution in [0, 0.1) is 17.0 Å². The van der Waals surface area contributed by atoms with Crippen molar-refractivity contribution in [3.8, 4) is 5.88 Å². The highest BCUT2D eigenvalue weighted by Gasteiger charge is 2.48. The van der Waals surface area contributed by atoms with Crippen molar-refractivity contribution in [2.45, 2.75) is 25.8 Å². The number of piperidine rings is 1. The van der Waals surface area contributed by atoms with Crippen LogP contribution in [0.4, 0.5) is 14.6 Å². The largest absolute Gasteiger partial charge is 0.481 e. The van der Waals surface area contributed by atoms with Crippen LogP contribution < -0.4 is 9.64 Å². The molecule has 1 unspecified atom stereocenters. The molecule has 1 aromatic carbocycles. The van der Waals surface area contributed by atoms with Crippen LogP contribution in [0.5, 0.6) is 5.88 Å². The standard InChI is InChI=1S/C20H22F2N4O2/c1-28-17-10-16(23-13-24-17)26-9-7-20(12-26)6-3-8-25(19(20)27)11-14-4-2-5-15(21)18(14)22/h2,4-5,10,13H,3,6-9,11-12H2,1H3. The van der Waals surface area contributed by atoms with E-state index < -0.39 is 17.0 Å². The fraction of sp³-hybridized carbons (Fsp3) is 0.450. The zero-order chi connectivity index (χ0) is 19.7. The molecule has 0 bridgehead atoms. The predicted octanol–water partition coefficient (Wildman–Crippen LogP) is 2.78. The topological polar surface area (TPSA) is 58.6 Å². The van der Waals surface area contributed by atoms with E-state index in [1.54, 1.807) is 18.1 Å². The minimum atomic E-state index is -0.888. The van der Waals surface area contributed by atoms with Gasteiger partial charge in [-0.15, -0.1) is 0 Å². The highest BCUT2D eigenvalue weighted by molar-refractivity contribution is 5.85. The Morgan fingerprint density at radius 1 is 1.21 bits per heavy atom. The Hall–Kier alpha value is -2.77. The second-order valence-electron chi connectivity index (χ2n) is 7.41. The number of nitrogens with zero attached hydrogens (tertiary/aromatic N) is 4. The lowest BCUT2D eigenvalue weighted by Gasteiger charge is -2.39. The first-order valence-electron chi connectivity index (χ1n) is 9.36. The third-order valence-corrected chi connectivity index (χ3v) is 5.73. The van der Waals surface area contributed by atoms with E-state index in [0.717, 1.165) is 24.7 Å². The molecule has 1 amide bonds. The minimum absolute atomic E-state index is 0.00549. The van der Waals surface area contributed by atoms with Crippen LogP contribution >= 0.6 is 0 Å². The van der Waals surface area contributed by atoms with Gasteiger partial charge in [0.15, 0.2) is 11.6 Å². The summed E-state index contributed by atoms with van der Waals surface area (Å²) in [5, 5.41) is 0. The summed E-state index contributed by atoms with van der Waals surface area (Å²) in [6, 6.07) is 5.84. The molecule has 1 aromatic heterocycles. The first-order valence-corrected chi connectivity index (χ1v) is 9.36. The van der Waals surface area contributed by atoms with Gasteiger partial charge in [-0.1, -0.05) is 12.1 Å². The molecule has 2 aromatic rings. The summed E-state index contributed by atoms with van der Waals surface area (Å²) in [6.07, 6.45) is 3.78. The van der Waals surface area contributed by atoms with Gasteiger partial charge in [0.25, 0.3) is 0 Å². The van der Waals surface area contributed by atoms with E-state index in [0.29, 0.717) is 31.9 Å². The molecule has 0 aliphatic carbocycles. The Morgan fingerprint density at radius 3 is 2.89 bits per heavy atom. The molecule has 6 nitrogen and oxygen atoms in total. The molecule has 0 N–H and O–H groups in total. The Bertz CT molecular complexity index is 894. The van der Waals surface area contributed by atoms with Gasteiger partial charge in [0, 0.05) is 37.8 Å². The van der Waals surface area contributed by atoms with Crippen molar-refractivity contribution < 1.29 is 18.3 Å². The number of likely N-dealkylation sites (tertiary alicyclic amines) is 1. The maximum Gasteiger partial charge on any atom is 0.230 e. The van der Waals surface area contributed by atoms with Crippen molar-refractivity contribution in [3.05, 3.63) is 47.8 Å². The molecule has 1 spiro atoms. The van der Waals surface area contributed by atoms with Crippen LogP contribution in [-0.2, 0) is 11.3 Å². The molecular weight excluding hydrogens is 366 g/mol. The van der Waals surface area contributed by atoms with E-state index >= 15 is 0 Å². The number of halogens is 2. The van der Waals surface area contributed by atoms with Crippen LogP contribution in [0.1, 0.15) is 24.8 Å². The summed E-state index contributed by atoms with van der Waals surface area (Å²) in [7, 11) is 1.55. The number of carbonyl (C=O) groups is 1. The lowest BCUT2D eigenvalue weighted by Crippen LogP contribution is -2.49. The first kappa shape index (κ1) is 18.6. The number of anilines is 1. The Balaban J connectivity index is 1.52. The molecule has 2 aliphatic rings. The quantitative estimate of drug-likeness (QED) is 0.806. The summed E-state index contributed by atoms with van der Waals surface area (Å²) in [5.74, 6) is -0.558. The zero-order valence-electron chi connectivity index (χ0n) is 15.7. The number of amides is 1. The normalized spacial score (nSPS) is 22.2. The van der Waals surface area contributed by atoms with Gasteiger partial charge in [-0.05, 0) is 25.3 Å². The van der Waals surface area contributed by atoms with Crippen LogP contribution in [0.25, 0.3) is 0 Å². The van der Waals surface area contributed by atoms with E-state index in [1.807, 2.05) is 0 Å². The van der Waals surface area contributed by atoms with Gasteiger partial charge >= 0.3 is 0 Å². The molecule has 0 saturated carbocycles. The van der Waals surface area contributed by atoms with E-state index in [4.69, 9.17) is 4.74 Å². The second kappa shape index (κ2) is 7.33. The summed E-state index contributed by atoms with van der Waals surface area (Å²) >= 11 is 0. The molecule has 2 saturated heterocycles. The van der Waals surface area contributed by atoms with Gasteiger partial charge in [-0.2, -0.15) is 0 Å². The summed E-state index contributed by atoms with van der Waals surface area (Å²) in [5.41, 5.74) is -0.305. The molecule has 3 heterocycles. The highest BCUT2D eigenvalue weighted by Crippen LogP contribution is 2.42. The molecule has 2 aliphatic heterocycles. The molecule has 2 fully saturated rings.